The Balaban J connectivity index is 1.79. The molecule has 4 rings (SSSR count). The number of rotatable bonds is 2. The quantitative estimate of drug-likeness (QED) is 0.883. The van der Waals surface area contributed by atoms with Crippen LogP contribution in [0, 0.1) is 5.92 Å². The number of H-pyrrole nitrogens is 1. The van der Waals surface area contributed by atoms with E-state index in [1.165, 1.54) is 12.8 Å². The van der Waals surface area contributed by atoms with Crippen molar-refractivity contribution in [1.29, 1.82) is 0 Å². The van der Waals surface area contributed by atoms with Gasteiger partial charge in [-0.05, 0) is 18.8 Å². The van der Waals surface area contributed by atoms with Gasteiger partial charge in [-0.25, -0.2) is 4.98 Å². The zero-order valence-electron chi connectivity index (χ0n) is 10.4. The Kier molecular flexibility index (Phi) is 2.07. The Morgan fingerprint density at radius 3 is 2.67 bits per heavy atom. The molecule has 2 aliphatic rings. The maximum Gasteiger partial charge on any atom is 0.163 e. The number of hydrogen-bond acceptors (Lipinski definition) is 3. The molecule has 1 aliphatic heterocycles. The smallest absolute Gasteiger partial charge is 0.163 e. The summed E-state index contributed by atoms with van der Waals surface area (Å²) in [5.74, 6) is 4.06. The largest absolute Gasteiger partial charge is 0.486 e. The van der Waals surface area contributed by atoms with E-state index in [9.17, 15) is 0 Å². The number of nitrogens with zero attached hydrogens (tertiary/aromatic N) is 1. The van der Waals surface area contributed by atoms with Crippen LogP contribution in [0.1, 0.15) is 31.5 Å². The van der Waals surface area contributed by atoms with Crippen LogP contribution < -0.4 is 9.47 Å². The molecule has 1 atom stereocenters. The molecule has 1 N–H and O–H groups in total. The molecule has 18 heavy (non-hydrogen) atoms. The van der Waals surface area contributed by atoms with Crippen molar-refractivity contribution in [2.75, 3.05) is 13.2 Å². The van der Waals surface area contributed by atoms with E-state index in [2.05, 4.69) is 11.9 Å². The lowest BCUT2D eigenvalue weighted by Crippen LogP contribution is -2.15. The molecular weight excluding hydrogens is 228 g/mol. The molecule has 0 spiro atoms. The third-order valence-corrected chi connectivity index (χ3v) is 3.92. The van der Waals surface area contributed by atoms with Gasteiger partial charge in [0.15, 0.2) is 11.5 Å². The van der Waals surface area contributed by atoms with E-state index in [4.69, 9.17) is 14.5 Å². The molecule has 0 radical (unpaired) electrons. The summed E-state index contributed by atoms with van der Waals surface area (Å²) in [5, 5.41) is 0. The number of nitrogens with one attached hydrogen (secondary N) is 1. The molecule has 1 fully saturated rings. The number of aromatic nitrogens is 2. The average Bonchev–Trinajstić information content (AvgIpc) is 3.15. The fourth-order valence-corrected chi connectivity index (χ4v) is 2.60. The molecule has 2 aromatic rings. The van der Waals surface area contributed by atoms with Gasteiger partial charge < -0.3 is 14.5 Å². The summed E-state index contributed by atoms with van der Waals surface area (Å²) in [5.41, 5.74) is 2.02. The third kappa shape index (κ3) is 1.55. The van der Waals surface area contributed by atoms with Crippen molar-refractivity contribution in [2.24, 2.45) is 5.92 Å². The highest BCUT2D eigenvalue weighted by Crippen LogP contribution is 2.42. The summed E-state index contributed by atoms with van der Waals surface area (Å²) in [6.07, 6.45) is 2.67. The van der Waals surface area contributed by atoms with Crippen LogP contribution in [0.15, 0.2) is 12.1 Å². The molecule has 1 aliphatic carbocycles. The van der Waals surface area contributed by atoms with E-state index in [1.807, 2.05) is 12.1 Å². The van der Waals surface area contributed by atoms with E-state index in [0.29, 0.717) is 19.1 Å². The number of hydrogen-bond donors (Lipinski definition) is 1. The SMILES string of the molecule is CC(c1nc2cc3c(cc2[nH]1)OCCO3)C1CC1. The summed E-state index contributed by atoms with van der Waals surface area (Å²) >= 11 is 0. The van der Waals surface area contributed by atoms with Gasteiger partial charge in [-0.15, -0.1) is 0 Å². The normalized spacial score (nSPS) is 20.1. The van der Waals surface area contributed by atoms with Crippen molar-refractivity contribution in [3.8, 4) is 11.5 Å². The van der Waals surface area contributed by atoms with Crippen LogP contribution in [0.25, 0.3) is 11.0 Å². The van der Waals surface area contributed by atoms with Crippen LogP contribution in [-0.2, 0) is 0 Å². The highest BCUT2D eigenvalue weighted by Gasteiger charge is 2.31. The van der Waals surface area contributed by atoms with Gasteiger partial charge in [0, 0.05) is 18.1 Å². The minimum Gasteiger partial charge on any atom is -0.486 e. The topological polar surface area (TPSA) is 47.1 Å². The second-order valence-electron chi connectivity index (χ2n) is 5.26. The van der Waals surface area contributed by atoms with Crippen LogP contribution in [0.3, 0.4) is 0 Å². The van der Waals surface area contributed by atoms with E-state index in [1.54, 1.807) is 0 Å². The van der Waals surface area contributed by atoms with Crippen molar-refractivity contribution in [1.82, 2.24) is 9.97 Å². The van der Waals surface area contributed by atoms with E-state index >= 15 is 0 Å². The monoisotopic (exact) mass is 244 g/mol. The van der Waals surface area contributed by atoms with Gasteiger partial charge in [0.1, 0.15) is 19.0 Å². The molecule has 2 heterocycles. The second-order valence-corrected chi connectivity index (χ2v) is 5.26. The zero-order chi connectivity index (χ0) is 12.1. The first-order chi connectivity index (χ1) is 8.81. The summed E-state index contributed by atoms with van der Waals surface area (Å²) in [4.78, 5) is 8.11. The zero-order valence-corrected chi connectivity index (χ0v) is 10.4. The minimum absolute atomic E-state index is 0.524. The van der Waals surface area contributed by atoms with Crippen molar-refractivity contribution in [2.45, 2.75) is 25.7 Å². The van der Waals surface area contributed by atoms with Crippen LogP contribution in [0.2, 0.25) is 0 Å². The molecule has 1 unspecified atom stereocenters. The maximum atomic E-state index is 5.59. The van der Waals surface area contributed by atoms with Crippen molar-refractivity contribution >= 4 is 11.0 Å². The average molecular weight is 244 g/mol. The van der Waals surface area contributed by atoms with Crippen molar-refractivity contribution in [3.05, 3.63) is 18.0 Å². The first-order valence-electron chi connectivity index (χ1n) is 6.60. The summed E-state index contributed by atoms with van der Waals surface area (Å²) < 4.78 is 11.2. The van der Waals surface area contributed by atoms with Crippen molar-refractivity contribution < 1.29 is 9.47 Å². The third-order valence-electron chi connectivity index (χ3n) is 3.92. The first-order valence-corrected chi connectivity index (χ1v) is 6.60. The molecule has 4 nitrogen and oxygen atoms in total. The Labute approximate surface area is 105 Å². The summed E-state index contributed by atoms with van der Waals surface area (Å²) in [6, 6.07) is 3.98. The Bertz CT molecular complexity index is 558. The fraction of sp³-hybridized carbons (Fsp3) is 0.500. The second kappa shape index (κ2) is 3.64. The van der Waals surface area contributed by atoms with Gasteiger partial charge in [0.05, 0.1) is 11.0 Å². The van der Waals surface area contributed by atoms with Gasteiger partial charge in [-0.1, -0.05) is 6.92 Å². The van der Waals surface area contributed by atoms with Gasteiger partial charge in [-0.3, -0.25) is 0 Å². The lowest BCUT2D eigenvalue weighted by Gasteiger charge is -2.17. The number of ether oxygens (including phenoxy) is 2. The van der Waals surface area contributed by atoms with Crippen LogP contribution in [0.5, 0.6) is 11.5 Å². The van der Waals surface area contributed by atoms with Gasteiger partial charge in [0.25, 0.3) is 0 Å². The van der Waals surface area contributed by atoms with Gasteiger partial charge in [-0.2, -0.15) is 0 Å². The Morgan fingerprint density at radius 2 is 1.94 bits per heavy atom. The van der Waals surface area contributed by atoms with Gasteiger partial charge in [0.2, 0.25) is 0 Å². The molecule has 1 aromatic heterocycles. The molecule has 1 saturated carbocycles. The predicted octanol–water partition coefficient (Wildman–Crippen LogP) is 2.85. The van der Waals surface area contributed by atoms with Crippen LogP contribution in [-0.4, -0.2) is 23.2 Å². The van der Waals surface area contributed by atoms with E-state index < -0.39 is 0 Å². The molecule has 0 saturated heterocycles. The summed E-state index contributed by atoms with van der Waals surface area (Å²) in [7, 11) is 0. The standard InChI is InChI=1S/C14H16N2O2/c1-8(9-2-3-9)14-15-10-6-12-13(7-11(10)16-14)18-5-4-17-12/h6-9H,2-5H2,1H3,(H,15,16). The lowest BCUT2D eigenvalue weighted by molar-refractivity contribution is 0.172. The first kappa shape index (κ1) is 10.2. The number of aromatic amines is 1. The fourth-order valence-electron chi connectivity index (χ4n) is 2.60. The van der Waals surface area contributed by atoms with Gasteiger partial charge >= 0.3 is 0 Å². The van der Waals surface area contributed by atoms with Crippen molar-refractivity contribution in [3.63, 3.8) is 0 Å². The molecule has 0 bridgehead atoms. The molecule has 94 valence electrons. The number of imidazole rings is 1. The minimum atomic E-state index is 0.524. The van der Waals surface area contributed by atoms with Crippen LogP contribution in [0.4, 0.5) is 0 Å². The van der Waals surface area contributed by atoms with Crippen LogP contribution >= 0.6 is 0 Å². The summed E-state index contributed by atoms with van der Waals surface area (Å²) in [6.45, 7) is 3.49. The van der Waals surface area contributed by atoms with E-state index in [0.717, 1.165) is 34.3 Å². The number of fused-ring (bicyclic) bond motifs is 2. The van der Waals surface area contributed by atoms with E-state index in [-0.39, 0.29) is 0 Å². The molecular formula is C14H16N2O2. The highest BCUT2D eigenvalue weighted by atomic mass is 16.6. The number of benzene rings is 1. The molecule has 4 heteroatoms. The highest BCUT2D eigenvalue weighted by molar-refractivity contribution is 5.80. The predicted molar refractivity (Wildman–Crippen MR) is 68.2 cm³/mol. The Morgan fingerprint density at radius 1 is 1.22 bits per heavy atom. The Hall–Kier alpha value is -1.71. The molecule has 1 aromatic carbocycles. The molecule has 0 amide bonds. The maximum absolute atomic E-state index is 5.59. The lowest BCUT2D eigenvalue weighted by atomic mass is 10.1.